The highest BCUT2D eigenvalue weighted by Crippen LogP contribution is 2.36. The van der Waals surface area contributed by atoms with Gasteiger partial charge >= 0.3 is 0 Å². The average Bonchev–Trinajstić information content (AvgIpc) is 2.44. The Morgan fingerprint density at radius 1 is 1.50 bits per heavy atom. The molecule has 2 rings (SSSR count). The van der Waals surface area contributed by atoms with Gasteiger partial charge < -0.3 is 10.5 Å². The van der Waals surface area contributed by atoms with Gasteiger partial charge in [-0.05, 0) is 30.7 Å². The molecule has 0 saturated heterocycles. The van der Waals surface area contributed by atoms with Gasteiger partial charge in [0, 0.05) is 10.9 Å². The van der Waals surface area contributed by atoms with E-state index in [9.17, 15) is 4.21 Å². The molecule has 1 aliphatic rings. The van der Waals surface area contributed by atoms with E-state index >= 15 is 0 Å². The van der Waals surface area contributed by atoms with Crippen molar-refractivity contribution in [3.8, 4) is 5.75 Å². The molecule has 0 radical (unpaired) electrons. The van der Waals surface area contributed by atoms with Crippen molar-refractivity contribution in [1.82, 2.24) is 0 Å². The summed E-state index contributed by atoms with van der Waals surface area (Å²) in [5, 5.41) is -0.00268. The molecule has 0 aliphatic carbocycles. The second kappa shape index (κ2) is 3.37. The molecule has 0 bridgehead atoms. The molecular weight excluding hydrogens is 198 g/mol. The predicted molar refractivity (Wildman–Crippen MR) is 55.8 cm³/mol. The Labute approximate surface area is 85.7 Å². The highest BCUT2D eigenvalue weighted by atomic mass is 32.2. The molecule has 3 unspecified atom stereocenters. The van der Waals surface area contributed by atoms with Gasteiger partial charge in [-0.1, -0.05) is 0 Å². The van der Waals surface area contributed by atoms with Crippen molar-refractivity contribution in [1.29, 1.82) is 0 Å². The number of ether oxygens (including phenoxy) is 1. The van der Waals surface area contributed by atoms with E-state index in [0.29, 0.717) is 0 Å². The molecule has 1 heterocycles. The zero-order chi connectivity index (χ0) is 10.3. The summed E-state index contributed by atoms with van der Waals surface area (Å²) in [5.74, 6) is 0.769. The maximum Gasteiger partial charge on any atom is 0.119 e. The second-order valence-corrected chi connectivity index (χ2v) is 5.21. The number of rotatable bonds is 1. The molecule has 1 aromatic rings. The summed E-state index contributed by atoms with van der Waals surface area (Å²) < 4.78 is 16.9. The summed E-state index contributed by atoms with van der Waals surface area (Å²) in [4.78, 5) is 0.853. The minimum Gasteiger partial charge on any atom is -0.497 e. The quantitative estimate of drug-likeness (QED) is 0.759. The van der Waals surface area contributed by atoms with Gasteiger partial charge in [0.05, 0.1) is 23.2 Å². The van der Waals surface area contributed by atoms with E-state index < -0.39 is 10.8 Å². The molecule has 4 heteroatoms. The van der Waals surface area contributed by atoms with Gasteiger partial charge in [-0.2, -0.15) is 0 Å². The Kier molecular flexibility index (Phi) is 2.33. The van der Waals surface area contributed by atoms with Crippen molar-refractivity contribution in [2.24, 2.45) is 5.73 Å². The molecule has 1 aromatic carbocycles. The molecule has 3 atom stereocenters. The van der Waals surface area contributed by atoms with Crippen LogP contribution in [0.15, 0.2) is 23.1 Å². The van der Waals surface area contributed by atoms with E-state index in [1.807, 2.05) is 25.1 Å². The molecule has 2 N–H and O–H groups in total. The lowest BCUT2D eigenvalue weighted by atomic mass is 10.1. The van der Waals surface area contributed by atoms with Crippen LogP contribution < -0.4 is 10.5 Å². The van der Waals surface area contributed by atoms with E-state index in [4.69, 9.17) is 10.5 Å². The molecule has 0 aromatic heterocycles. The third-order valence-corrected chi connectivity index (χ3v) is 4.41. The molecular formula is C10H13NO2S. The smallest absolute Gasteiger partial charge is 0.119 e. The third kappa shape index (κ3) is 1.26. The average molecular weight is 211 g/mol. The van der Waals surface area contributed by atoms with Gasteiger partial charge in [0.1, 0.15) is 5.75 Å². The molecule has 0 amide bonds. The van der Waals surface area contributed by atoms with E-state index in [2.05, 4.69) is 0 Å². The number of hydrogen-bond acceptors (Lipinski definition) is 3. The Morgan fingerprint density at radius 2 is 2.21 bits per heavy atom. The van der Waals surface area contributed by atoms with Crippen molar-refractivity contribution in [2.45, 2.75) is 23.1 Å². The summed E-state index contributed by atoms with van der Waals surface area (Å²) in [6, 6.07) is 5.40. The van der Waals surface area contributed by atoms with E-state index in [1.54, 1.807) is 7.11 Å². The zero-order valence-corrected chi connectivity index (χ0v) is 9.01. The maximum atomic E-state index is 11.8. The summed E-state index contributed by atoms with van der Waals surface area (Å²) in [6.45, 7) is 1.91. The van der Waals surface area contributed by atoms with Crippen LogP contribution in [-0.2, 0) is 10.8 Å². The zero-order valence-electron chi connectivity index (χ0n) is 8.19. The van der Waals surface area contributed by atoms with Crippen LogP contribution in [0.2, 0.25) is 0 Å². The minimum absolute atomic E-state index is 0.00268. The number of methoxy groups -OCH3 is 1. The SMILES string of the molecule is COc1ccc2c(c1)C(N)C(C)S2=O. The Morgan fingerprint density at radius 3 is 2.86 bits per heavy atom. The first-order valence-corrected chi connectivity index (χ1v) is 5.70. The van der Waals surface area contributed by atoms with Gasteiger partial charge in [0.25, 0.3) is 0 Å². The molecule has 1 aliphatic heterocycles. The summed E-state index contributed by atoms with van der Waals surface area (Å²) >= 11 is 0. The van der Waals surface area contributed by atoms with E-state index in [0.717, 1.165) is 16.2 Å². The first-order chi connectivity index (χ1) is 6.65. The van der Waals surface area contributed by atoms with Gasteiger partial charge in [0.2, 0.25) is 0 Å². The van der Waals surface area contributed by atoms with Crippen LogP contribution in [0.5, 0.6) is 5.75 Å². The molecule has 0 spiro atoms. The molecule has 0 fully saturated rings. The van der Waals surface area contributed by atoms with Gasteiger partial charge in [-0.15, -0.1) is 0 Å². The number of benzene rings is 1. The van der Waals surface area contributed by atoms with E-state index in [-0.39, 0.29) is 11.3 Å². The highest BCUT2D eigenvalue weighted by Gasteiger charge is 2.33. The fourth-order valence-electron chi connectivity index (χ4n) is 1.68. The monoisotopic (exact) mass is 211 g/mol. The van der Waals surface area contributed by atoms with Crippen LogP contribution in [0.1, 0.15) is 18.5 Å². The summed E-state index contributed by atoms with van der Waals surface area (Å²) in [5.41, 5.74) is 6.91. The first-order valence-electron chi connectivity index (χ1n) is 4.49. The van der Waals surface area contributed by atoms with Gasteiger partial charge in [0.15, 0.2) is 0 Å². The van der Waals surface area contributed by atoms with Crippen molar-refractivity contribution in [3.63, 3.8) is 0 Å². The van der Waals surface area contributed by atoms with Crippen molar-refractivity contribution in [2.75, 3.05) is 7.11 Å². The normalized spacial score (nSPS) is 30.1. The standard InChI is InChI=1S/C10H13NO2S/c1-6-10(11)8-5-7(13-2)3-4-9(8)14(6)12/h3-6,10H,11H2,1-2H3. The molecule has 0 saturated carbocycles. The molecule has 76 valence electrons. The summed E-state index contributed by atoms with van der Waals surface area (Å²) in [6.07, 6.45) is 0. The fraction of sp³-hybridized carbons (Fsp3) is 0.400. The van der Waals surface area contributed by atoms with Crippen molar-refractivity contribution >= 4 is 10.8 Å². The van der Waals surface area contributed by atoms with Crippen LogP contribution in [0.25, 0.3) is 0 Å². The number of nitrogens with two attached hydrogens (primary N) is 1. The highest BCUT2D eigenvalue weighted by molar-refractivity contribution is 7.86. The van der Waals surface area contributed by atoms with Crippen LogP contribution in [0.3, 0.4) is 0 Å². The van der Waals surface area contributed by atoms with E-state index in [1.165, 1.54) is 0 Å². The van der Waals surface area contributed by atoms with Crippen LogP contribution in [0.4, 0.5) is 0 Å². The van der Waals surface area contributed by atoms with Crippen LogP contribution in [0, 0.1) is 0 Å². The second-order valence-electron chi connectivity index (χ2n) is 3.43. The minimum atomic E-state index is -0.963. The van der Waals surface area contributed by atoms with Crippen LogP contribution in [-0.4, -0.2) is 16.6 Å². The van der Waals surface area contributed by atoms with Gasteiger partial charge in [-0.3, -0.25) is 4.21 Å². The third-order valence-electron chi connectivity index (χ3n) is 2.64. The summed E-state index contributed by atoms with van der Waals surface area (Å²) in [7, 11) is 0.650. The Hall–Kier alpha value is -0.870. The van der Waals surface area contributed by atoms with Crippen molar-refractivity contribution < 1.29 is 8.95 Å². The van der Waals surface area contributed by atoms with Crippen LogP contribution >= 0.6 is 0 Å². The Balaban J connectivity index is 2.53. The predicted octanol–water partition coefficient (Wildman–Crippen LogP) is 1.20. The Bertz CT molecular complexity index is 392. The topological polar surface area (TPSA) is 52.3 Å². The molecule has 14 heavy (non-hydrogen) atoms. The van der Waals surface area contributed by atoms with Gasteiger partial charge in [-0.25, -0.2) is 0 Å². The maximum absolute atomic E-state index is 11.8. The first kappa shape index (κ1) is 9.68. The lowest BCUT2D eigenvalue weighted by Crippen LogP contribution is -2.20. The molecule has 3 nitrogen and oxygen atoms in total. The lowest BCUT2D eigenvalue weighted by Gasteiger charge is -2.08. The van der Waals surface area contributed by atoms with Crippen molar-refractivity contribution in [3.05, 3.63) is 23.8 Å². The largest absolute Gasteiger partial charge is 0.497 e. The fourth-order valence-corrected chi connectivity index (χ4v) is 3.13. The lowest BCUT2D eigenvalue weighted by molar-refractivity contribution is 0.413. The number of hydrogen-bond donors (Lipinski definition) is 1. The number of fused-ring (bicyclic) bond motifs is 1.